The molecule has 0 unspecified atom stereocenters. The molecule has 23 heavy (non-hydrogen) atoms. The quantitative estimate of drug-likeness (QED) is 0.790. The third kappa shape index (κ3) is 2.70. The first-order valence-corrected chi connectivity index (χ1v) is 8.00. The van der Waals surface area contributed by atoms with Crippen molar-refractivity contribution in [1.29, 1.82) is 0 Å². The number of hydrogen-bond acceptors (Lipinski definition) is 3. The smallest absolute Gasteiger partial charge is 0.253 e. The molecule has 0 radical (unpaired) electrons. The highest BCUT2D eigenvalue weighted by atomic mass is 16.2. The number of piperidine rings is 1. The van der Waals surface area contributed by atoms with Crippen LogP contribution >= 0.6 is 0 Å². The van der Waals surface area contributed by atoms with Crippen molar-refractivity contribution in [1.82, 2.24) is 20.1 Å². The van der Waals surface area contributed by atoms with Crippen molar-refractivity contribution in [3.63, 3.8) is 0 Å². The molecule has 1 aromatic carbocycles. The van der Waals surface area contributed by atoms with Gasteiger partial charge in [0.2, 0.25) is 0 Å². The molecule has 1 aliphatic rings. The number of benzene rings is 1. The molecule has 0 spiro atoms. The van der Waals surface area contributed by atoms with Gasteiger partial charge in [-0.25, -0.2) is 4.98 Å². The number of amides is 1. The largest absolute Gasteiger partial charge is 0.339 e. The van der Waals surface area contributed by atoms with Crippen LogP contribution in [0.5, 0.6) is 0 Å². The van der Waals surface area contributed by atoms with Crippen LogP contribution < -0.4 is 0 Å². The molecular formula is C18H18N4O. The van der Waals surface area contributed by atoms with Crippen molar-refractivity contribution >= 4 is 16.9 Å². The van der Waals surface area contributed by atoms with E-state index in [1.807, 2.05) is 41.4 Å². The molecule has 3 heterocycles. The second kappa shape index (κ2) is 5.83. The predicted molar refractivity (Wildman–Crippen MR) is 89.1 cm³/mol. The first kappa shape index (κ1) is 13.9. The highest BCUT2D eigenvalue weighted by Gasteiger charge is 2.17. The average Bonchev–Trinajstić information content (AvgIpc) is 3.10. The highest BCUT2D eigenvalue weighted by molar-refractivity contribution is 5.95. The molecule has 116 valence electrons. The molecule has 1 aliphatic heterocycles. The van der Waals surface area contributed by atoms with Gasteiger partial charge in [0, 0.05) is 35.8 Å². The van der Waals surface area contributed by atoms with E-state index in [0.29, 0.717) is 0 Å². The van der Waals surface area contributed by atoms with Gasteiger partial charge in [0.1, 0.15) is 0 Å². The minimum absolute atomic E-state index is 0.139. The molecule has 1 saturated heterocycles. The molecule has 1 fully saturated rings. The van der Waals surface area contributed by atoms with Gasteiger partial charge < -0.3 is 4.90 Å². The molecule has 1 N–H and O–H groups in total. The lowest BCUT2D eigenvalue weighted by molar-refractivity contribution is 0.0724. The molecular weight excluding hydrogens is 288 g/mol. The number of aromatic nitrogens is 3. The Morgan fingerprint density at radius 3 is 2.57 bits per heavy atom. The molecule has 5 nitrogen and oxygen atoms in total. The van der Waals surface area contributed by atoms with Gasteiger partial charge >= 0.3 is 0 Å². The van der Waals surface area contributed by atoms with Crippen molar-refractivity contribution < 1.29 is 4.79 Å². The summed E-state index contributed by atoms with van der Waals surface area (Å²) >= 11 is 0. The molecule has 4 rings (SSSR count). The second-order valence-corrected chi connectivity index (χ2v) is 5.96. The Balaban J connectivity index is 1.58. The van der Waals surface area contributed by atoms with Crippen molar-refractivity contribution in [2.75, 3.05) is 13.1 Å². The molecule has 3 aromatic rings. The van der Waals surface area contributed by atoms with Gasteiger partial charge in [-0.15, -0.1) is 0 Å². The monoisotopic (exact) mass is 306 g/mol. The number of rotatable bonds is 2. The van der Waals surface area contributed by atoms with Gasteiger partial charge in [0.15, 0.2) is 5.65 Å². The number of likely N-dealkylation sites (tertiary alicyclic amines) is 1. The van der Waals surface area contributed by atoms with Gasteiger partial charge in [0.05, 0.1) is 6.20 Å². The number of aromatic amines is 1. The third-order valence-corrected chi connectivity index (χ3v) is 4.40. The topological polar surface area (TPSA) is 61.9 Å². The van der Waals surface area contributed by atoms with Crippen LogP contribution in [-0.4, -0.2) is 39.1 Å². The minimum Gasteiger partial charge on any atom is -0.339 e. The zero-order chi connectivity index (χ0) is 15.6. The van der Waals surface area contributed by atoms with E-state index in [2.05, 4.69) is 15.2 Å². The third-order valence-electron chi connectivity index (χ3n) is 4.40. The fourth-order valence-electron chi connectivity index (χ4n) is 3.08. The first-order valence-electron chi connectivity index (χ1n) is 8.00. The minimum atomic E-state index is 0.139. The Morgan fingerprint density at radius 1 is 1.00 bits per heavy atom. The number of nitrogens with one attached hydrogen (secondary N) is 1. The number of hydrogen-bond donors (Lipinski definition) is 1. The molecule has 0 saturated carbocycles. The van der Waals surface area contributed by atoms with Crippen molar-refractivity contribution in [3.8, 4) is 11.1 Å². The lowest BCUT2D eigenvalue weighted by atomic mass is 10.0. The Hall–Kier alpha value is -2.69. The van der Waals surface area contributed by atoms with Gasteiger partial charge in [-0.2, -0.15) is 5.10 Å². The molecule has 1 amide bonds. The Bertz CT molecular complexity index is 832. The standard InChI is InChI=1S/C18H18N4O/c23-18(22-8-2-1-3-9-22)14-6-4-13(5-7-14)15-10-16-12-20-21-17(16)19-11-15/h4-7,10-12H,1-3,8-9H2,(H,19,20,21). The van der Waals surface area contributed by atoms with Gasteiger partial charge in [-0.05, 0) is 43.0 Å². The van der Waals surface area contributed by atoms with E-state index in [1.54, 1.807) is 6.20 Å². The van der Waals surface area contributed by atoms with Crippen LogP contribution in [0.1, 0.15) is 29.6 Å². The zero-order valence-corrected chi connectivity index (χ0v) is 12.8. The van der Waals surface area contributed by atoms with Crippen molar-refractivity contribution in [3.05, 3.63) is 48.3 Å². The molecule has 0 atom stereocenters. The van der Waals surface area contributed by atoms with Crippen LogP contribution in [0.3, 0.4) is 0 Å². The molecule has 2 aromatic heterocycles. The number of fused-ring (bicyclic) bond motifs is 1. The summed E-state index contributed by atoms with van der Waals surface area (Å²) in [4.78, 5) is 18.8. The predicted octanol–water partition coefficient (Wildman–Crippen LogP) is 3.25. The van der Waals surface area contributed by atoms with Crippen molar-refractivity contribution in [2.45, 2.75) is 19.3 Å². The maximum atomic E-state index is 12.5. The lowest BCUT2D eigenvalue weighted by Gasteiger charge is -2.26. The van der Waals surface area contributed by atoms with E-state index in [0.717, 1.165) is 53.7 Å². The SMILES string of the molecule is O=C(c1ccc(-c2cnc3[nH]ncc3c2)cc1)N1CCCCC1. The van der Waals surface area contributed by atoms with Crippen LogP contribution in [0.2, 0.25) is 0 Å². The number of pyridine rings is 1. The zero-order valence-electron chi connectivity index (χ0n) is 12.8. The Kier molecular flexibility index (Phi) is 3.54. The van der Waals surface area contributed by atoms with Crippen LogP contribution in [0.25, 0.3) is 22.2 Å². The van der Waals surface area contributed by atoms with E-state index in [4.69, 9.17) is 0 Å². The summed E-state index contributed by atoms with van der Waals surface area (Å²) in [6, 6.07) is 9.84. The van der Waals surface area contributed by atoms with Crippen molar-refractivity contribution in [2.24, 2.45) is 0 Å². The van der Waals surface area contributed by atoms with Gasteiger partial charge in [-0.3, -0.25) is 9.89 Å². The first-order chi connectivity index (χ1) is 11.3. The van der Waals surface area contributed by atoms with Crippen LogP contribution in [0, 0.1) is 0 Å². The summed E-state index contributed by atoms with van der Waals surface area (Å²) < 4.78 is 0. The summed E-state index contributed by atoms with van der Waals surface area (Å²) in [6.45, 7) is 1.75. The van der Waals surface area contributed by atoms with E-state index >= 15 is 0 Å². The van der Waals surface area contributed by atoms with Gasteiger partial charge in [0.25, 0.3) is 5.91 Å². The lowest BCUT2D eigenvalue weighted by Crippen LogP contribution is -2.35. The molecule has 0 aliphatic carbocycles. The summed E-state index contributed by atoms with van der Waals surface area (Å²) in [5.41, 5.74) is 3.62. The van der Waals surface area contributed by atoms with E-state index in [-0.39, 0.29) is 5.91 Å². The summed E-state index contributed by atoms with van der Waals surface area (Å²) in [6.07, 6.45) is 7.04. The molecule has 0 bridgehead atoms. The summed E-state index contributed by atoms with van der Waals surface area (Å²) in [5, 5.41) is 7.82. The molecule has 5 heteroatoms. The summed E-state index contributed by atoms with van der Waals surface area (Å²) in [7, 11) is 0. The van der Waals surface area contributed by atoms with Crippen LogP contribution in [-0.2, 0) is 0 Å². The Labute approximate surface area is 134 Å². The fraction of sp³-hybridized carbons (Fsp3) is 0.278. The maximum Gasteiger partial charge on any atom is 0.253 e. The van der Waals surface area contributed by atoms with E-state index in [9.17, 15) is 4.79 Å². The number of nitrogens with zero attached hydrogens (tertiary/aromatic N) is 3. The fourth-order valence-corrected chi connectivity index (χ4v) is 3.08. The van der Waals surface area contributed by atoms with Crippen LogP contribution in [0.4, 0.5) is 0 Å². The van der Waals surface area contributed by atoms with Crippen LogP contribution in [0.15, 0.2) is 42.7 Å². The Morgan fingerprint density at radius 2 is 1.78 bits per heavy atom. The highest BCUT2D eigenvalue weighted by Crippen LogP contribution is 2.23. The maximum absolute atomic E-state index is 12.5. The normalized spacial score (nSPS) is 15.0. The average molecular weight is 306 g/mol. The number of H-pyrrole nitrogens is 1. The second-order valence-electron chi connectivity index (χ2n) is 5.96. The number of carbonyl (C=O) groups is 1. The number of carbonyl (C=O) groups excluding carboxylic acids is 1. The summed E-state index contributed by atoms with van der Waals surface area (Å²) in [5.74, 6) is 0.139. The van der Waals surface area contributed by atoms with E-state index < -0.39 is 0 Å². The van der Waals surface area contributed by atoms with Gasteiger partial charge in [-0.1, -0.05) is 12.1 Å². The van der Waals surface area contributed by atoms with E-state index in [1.165, 1.54) is 6.42 Å².